The molecule has 0 fully saturated rings. The second kappa shape index (κ2) is 4.44. The Morgan fingerprint density at radius 3 is 2.57 bits per heavy atom. The SMILES string of the molecule is Cc1ccc(-n2cnc3c2NC(C)(C)N=C3C(N)=O)cc1. The molecular formula is C15H17N5O. The van der Waals surface area contributed by atoms with Gasteiger partial charge in [0.05, 0.1) is 0 Å². The molecule has 0 aliphatic carbocycles. The predicted octanol–water partition coefficient (Wildman–Crippen LogP) is 1.62. The lowest BCUT2D eigenvalue weighted by atomic mass is 10.1. The van der Waals surface area contributed by atoms with Gasteiger partial charge < -0.3 is 11.1 Å². The van der Waals surface area contributed by atoms with Gasteiger partial charge in [0, 0.05) is 5.69 Å². The van der Waals surface area contributed by atoms with Gasteiger partial charge in [0.25, 0.3) is 5.91 Å². The molecule has 1 aromatic carbocycles. The summed E-state index contributed by atoms with van der Waals surface area (Å²) in [6.45, 7) is 5.79. The molecule has 1 aliphatic heterocycles. The van der Waals surface area contributed by atoms with Crippen molar-refractivity contribution in [2.75, 3.05) is 5.32 Å². The van der Waals surface area contributed by atoms with Gasteiger partial charge in [-0.15, -0.1) is 0 Å². The smallest absolute Gasteiger partial charge is 0.269 e. The summed E-state index contributed by atoms with van der Waals surface area (Å²) in [5.74, 6) is 0.160. The molecule has 1 aromatic heterocycles. The number of nitrogens with zero attached hydrogens (tertiary/aromatic N) is 3. The van der Waals surface area contributed by atoms with E-state index in [-0.39, 0.29) is 5.71 Å². The van der Waals surface area contributed by atoms with Crippen LogP contribution in [0.5, 0.6) is 0 Å². The van der Waals surface area contributed by atoms with Gasteiger partial charge in [-0.05, 0) is 32.9 Å². The number of hydrogen-bond acceptors (Lipinski definition) is 4. The van der Waals surface area contributed by atoms with Gasteiger partial charge in [0.2, 0.25) is 0 Å². The molecule has 0 bridgehead atoms. The van der Waals surface area contributed by atoms with Crippen LogP contribution < -0.4 is 11.1 Å². The molecule has 108 valence electrons. The molecule has 1 amide bonds. The van der Waals surface area contributed by atoms with Crippen LogP contribution in [0.4, 0.5) is 5.82 Å². The number of nitrogens with one attached hydrogen (secondary N) is 1. The summed E-state index contributed by atoms with van der Waals surface area (Å²) < 4.78 is 1.90. The van der Waals surface area contributed by atoms with Gasteiger partial charge >= 0.3 is 0 Å². The lowest BCUT2D eigenvalue weighted by Crippen LogP contribution is -2.39. The first-order chi connectivity index (χ1) is 9.87. The van der Waals surface area contributed by atoms with Crippen LogP contribution in [0.2, 0.25) is 0 Å². The zero-order valence-corrected chi connectivity index (χ0v) is 12.2. The second-order valence-corrected chi connectivity index (χ2v) is 5.66. The molecule has 0 atom stereocenters. The third kappa shape index (κ3) is 2.29. The van der Waals surface area contributed by atoms with Crippen molar-refractivity contribution in [2.24, 2.45) is 10.7 Å². The Hall–Kier alpha value is -2.63. The van der Waals surface area contributed by atoms with Crippen molar-refractivity contribution in [1.29, 1.82) is 0 Å². The average Bonchev–Trinajstić information content (AvgIpc) is 2.80. The van der Waals surface area contributed by atoms with E-state index in [2.05, 4.69) is 15.3 Å². The minimum Gasteiger partial charge on any atom is -0.364 e. The molecule has 6 heteroatoms. The number of aryl methyl sites for hydroxylation is 1. The summed E-state index contributed by atoms with van der Waals surface area (Å²) in [6, 6.07) is 8.06. The molecule has 2 aromatic rings. The number of rotatable bonds is 2. The zero-order chi connectivity index (χ0) is 15.2. The number of imidazole rings is 1. The van der Waals surface area contributed by atoms with Gasteiger partial charge in [0.15, 0.2) is 5.71 Å². The van der Waals surface area contributed by atoms with E-state index in [0.29, 0.717) is 5.69 Å². The largest absolute Gasteiger partial charge is 0.364 e. The van der Waals surface area contributed by atoms with Crippen molar-refractivity contribution >= 4 is 17.4 Å². The molecule has 2 heterocycles. The number of carbonyl (C=O) groups excluding carboxylic acids is 1. The van der Waals surface area contributed by atoms with Crippen molar-refractivity contribution in [1.82, 2.24) is 9.55 Å². The maximum Gasteiger partial charge on any atom is 0.269 e. The zero-order valence-electron chi connectivity index (χ0n) is 12.2. The molecule has 0 spiro atoms. The first kappa shape index (κ1) is 13.4. The Morgan fingerprint density at radius 2 is 1.95 bits per heavy atom. The first-order valence-corrected chi connectivity index (χ1v) is 6.70. The Morgan fingerprint density at radius 1 is 1.29 bits per heavy atom. The number of anilines is 1. The molecule has 0 saturated carbocycles. The summed E-state index contributed by atoms with van der Waals surface area (Å²) in [5, 5.41) is 3.29. The van der Waals surface area contributed by atoms with E-state index in [0.717, 1.165) is 11.5 Å². The van der Waals surface area contributed by atoms with Gasteiger partial charge in [-0.3, -0.25) is 9.36 Å². The summed E-state index contributed by atoms with van der Waals surface area (Å²) >= 11 is 0. The van der Waals surface area contributed by atoms with Gasteiger partial charge in [0.1, 0.15) is 23.5 Å². The van der Waals surface area contributed by atoms with Crippen LogP contribution in [0.1, 0.15) is 25.1 Å². The summed E-state index contributed by atoms with van der Waals surface area (Å²) in [4.78, 5) is 20.2. The number of carbonyl (C=O) groups is 1. The highest BCUT2D eigenvalue weighted by Gasteiger charge is 2.32. The summed E-state index contributed by atoms with van der Waals surface area (Å²) in [5.41, 5.74) is 7.65. The molecular weight excluding hydrogens is 266 g/mol. The van der Waals surface area contributed by atoms with E-state index in [1.807, 2.05) is 49.6 Å². The average molecular weight is 283 g/mol. The topological polar surface area (TPSA) is 85.3 Å². The number of primary amides is 1. The Labute approximate surface area is 122 Å². The van der Waals surface area contributed by atoms with Crippen LogP contribution in [0.25, 0.3) is 5.69 Å². The minimum atomic E-state index is -0.611. The van der Waals surface area contributed by atoms with Crippen LogP contribution in [0, 0.1) is 6.92 Å². The third-order valence-corrected chi connectivity index (χ3v) is 3.35. The van der Waals surface area contributed by atoms with Gasteiger partial charge in [-0.1, -0.05) is 17.7 Å². The van der Waals surface area contributed by atoms with Crippen LogP contribution in [-0.2, 0) is 4.79 Å². The molecule has 0 saturated heterocycles. The van der Waals surface area contributed by atoms with E-state index in [4.69, 9.17) is 5.73 Å². The number of hydrogen-bond donors (Lipinski definition) is 2. The van der Waals surface area contributed by atoms with Crippen LogP contribution in [0.15, 0.2) is 35.6 Å². The van der Waals surface area contributed by atoms with Crippen molar-refractivity contribution in [2.45, 2.75) is 26.4 Å². The van der Waals surface area contributed by atoms with E-state index >= 15 is 0 Å². The lowest BCUT2D eigenvalue weighted by Gasteiger charge is -2.29. The molecule has 3 rings (SSSR count). The highest BCUT2D eigenvalue weighted by atomic mass is 16.1. The van der Waals surface area contributed by atoms with Gasteiger partial charge in [-0.25, -0.2) is 9.98 Å². The Balaban J connectivity index is 2.15. The van der Waals surface area contributed by atoms with Gasteiger partial charge in [-0.2, -0.15) is 0 Å². The highest BCUT2D eigenvalue weighted by Crippen LogP contribution is 2.29. The first-order valence-electron chi connectivity index (χ1n) is 6.70. The monoisotopic (exact) mass is 283 g/mol. The molecule has 1 aliphatic rings. The third-order valence-electron chi connectivity index (χ3n) is 3.35. The van der Waals surface area contributed by atoms with E-state index < -0.39 is 11.6 Å². The number of fused-ring (bicyclic) bond motifs is 1. The van der Waals surface area contributed by atoms with Crippen LogP contribution in [-0.4, -0.2) is 26.8 Å². The van der Waals surface area contributed by atoms with Crippen molar-refractivity contribution in [3.63, 3.8) is 0 Å². The van der Waals surface area contributed by atoms with Crippen molar-refractivity contribution in [3.8, 4) is 5.69 Å². The van der Waals surface area contributed by atoms with E-state index in [1.165, 1.54) is 5.56 Å². The van der Waals surface area contributed by atoms with E-state index in [1.54, 1.807) is 6.33 Å². The normalized spacial score (nSPS) is 15.9. The molecule has 21 heavy (non-hydrogen) atoms. The quantitative estimate of drug-likeness (QED) is 0.878. The fourth-order valence-corrected chi connectivity index (χ4v) is 2.36. The van der Waals surface area contributed by atoms with Crippen LogP contribution in [0.3, 0.4) is 0 Å². The molecule has 0 radical (unpaired) electrons. The minimum absolute atomic E-state index is 0.208. The number of benzene rings is 1. The predicted molar refractivity (Wildman–Crippen MR) is 81.7 cm³/mol. The summed E-state index contributed by atoms with van der Waals surface area (Å²) in [7, 11) is 0. The second-order valence-electron chi connectivity index (χ2n) is 5.66. The van der Waals surface area contributed by atoms with E-state index in [9.17, 15) is 4.79 Å². The highest BCUT2D eigenvalue weighted by molar-refractivity contribution is 6.45. The maximum absolute atomic E-state index is 11.6. The maximum atomic E-state index is 11.6. The molecule has 3 N–H and O–H groups in total. The fraction of sp³-hybridized carbons (Fsp3) is 0.267. The fourth-order valence-electron chi connectivity index (χ4n) is 2.36. The number of aliphatic imine (C=N–C) groups is 1. The number of aromatic nitrogens is 2. The van der Waals surface area contributed by atoms with Crippen LogP contribution >= 0.6 is 0 Å². The summed E-state index contributed by atoms with van der Waals surface area (Å²) in [6.07, 6.45) is 1.67. The standard InChI is InChI=1S/C15H17N5O/c1-9-4-6-10(7-5-9)20-8-17-12-11(13(16)21)18-15(2,3)19-14(12)20/h4-8,19H,1-3H3,(H2,16,21). The number of nitrogens with two attached hydrogens (primary N) is 1. The Bertz CT molecular complexity index is 740. The number of amides is 1. The molecule has 6 nitrogen and oxygen atoms in total. The molecule has 0 unspecified atom stereocenters. The van der Waals surface area contributed by atoms with Crippen molar-refractivity contribution in [3.05, 3.63) is 41.9 Å². The lowest BCUT2D eigenvalue weighted by molar-refractivity contribution is -0.112. The Kier molecular flexibility index (Phi) is 2.83. The van der Waals surface area contributed by atoms with Crippen molar-refractivity contribution < 1.29 is 4.79 Å².